The van der Waals surface area contributed by atoms with Gasteiger partial charge in [0.05, 0.1) is 6.42 Å². The Balaban J connectivity index is 3.77. The lowest BCUT2D eigenvalue weighted by atomic mass is 10.3. The number of carboxylic acids is 1. The van der Waals surface area contributed by atoms with Crippen LogP contribution in [0, 0.1) is 0 Å². The first-order chi connectivity index (χ1) is 6.23. The van der Waals surface area contributed by atoms with Gasteiger partial charge in [-0.1, -0.05) is 6.92 Å². The van der Waals surface area contributed by atoms with Gasteiger partial charge in [-0.3, -0.25) is 4.79 Å². The lowest BCUT2D eigenvalue weighted by molar-refractivity contribution is -0.195. The molecule has 84 valence electrons. The maximum atomic E-state index is 11.8. The highest BCUT2D eigenvalue weighted by Gasteiger charge is 2.38. The number of aliphatic hydroxyl groups excluding tert-OH is 1. The topological polar surface area (TPSA) is 57.5 Å². The molecule has 0 aliphatic carbocycles. The average molecular weight is 232 g/mol. The lowest BCUT2D eigenvalue weighted by Gasteiger charge is -2.15. The van der Waals surface area contributed by atoms with E-state index in [-0.39, 0.29) is 6.42 Å². The van der Waals surface area contributed by atoms with Gasteiger partial charge in [-0.05, 0) is 0 Å². The van der Waals surface area contributed by atoms with Crippen molar-refractivity contribution in [2.75, 3.05) is 5.75 Å². The minimum atomic E-state index is -4.63. The van der Waals surface area contributed by atoms with Crippen molar-refractivity contribution in [3.8, 4) is 0 Å². The summed E-state index contributed by atoms with van der Waals surface area (Å²) < 4.78 is 35.3. The first-order valence-corrected chi connectivity index (χ1v) is 4.86. The van der Waals surface area contributed by atoms with E-state index in [1.54, 1.807) is 0 Å². The Bertz CT molecular complexity index is 195. The van der Waals surface area contributed by atoms with Crippen LogP contribution in [0.25, 0.3) is 0 Å². The number of hydrogen-bond acceptors (Lipinski definition) is 3. The summed E-state index contributed by atoms with van der Waals surface area (Å²) in [5.41, 5.74) is 0. The summed E-state index contributed by atoms with van der Waals surface area (Å²) in [4.78, 5) is 10.2. The van der Waals surface area contributed by atoms with Gasteiger partial charge in [-0.2, -0.15) is 24.9 Å². The molecule has 0 aromatic heterocycles. The highest BCUT2D eigenvalue weighted by atomic mass is 32.2. The number of hydrogen-bond donors (Lipinski definition) is 2. The number of carbonyl (C=O) groups is 1. The summed E-state index contributed by atoms with van der Waals surface area (Å²) in [7, 11) is 0. The van der Waals surface area contributed by atoms with Crippen LogP contribution in [0.2, 0.25) is 0 Å². The van der Waals surface area contributed by atoms with Crippen LogP contribution >= 0.6 is 11.8 Å². The minimum absolute atomic E-state index is 0.213. The van der Waals surface area contributed by atoms with Crippen LogP contribution in [0.15, 0.2) is 0 Å². The van der Waals surface area contributed by atoms with Crippen molar-refractivity contribution in [1.29, 1.82) is 0 Å². The number of rotatable bonds is 5. The molecule has 0 rings (SSSR count). The Morgan fingerprint density at radius 2 is 2.00 bits per heavy atom. The Kier molecular flexibility index (Phi) is 5.28. The lowest BCUT2D eigenvalue weighted by Crippen LogP contribution is -2.31. The molecule has 0 spiro atoms. The maximum Gasteiger partial charge on any atom is 0.415 e. The molecule has 2 unspecified atom stereocenters. The molecule has 0 saturated carbocycles. The predicted molar refractivity (Wildman–Crippen MR) is 46.2 cm³/mol. The summed E-state index contributed by atoms with van der Waals surface area (Å²) in [6.45, 7) is 1.50. The quantitative estimate of drug-likeness (QED) is 0.754. The number of aliphatic carboxylic acids is 1. The molecule has 0 aliphatic heterocycles. The van der Waals surface area contributed by atoms with E-state index in [1.165, 1.54) is 6.92 Å². The number of halogens is 3. The van der Waals surface area contributed by atoms with Crippen molar-refractivity contribution < 1.29 is 28.2 Å². The van der Waals surface area contributed by atoms with Gasteiger partial charge in [0.2, 0.25) is 0 Å². The molecular formula is C7H11F3O3S. The van der Waals surface area contributed by atoms with Crippen LogP contribution in [-0.2, 0) is 4.79 Å². The molecule has 3 nitrogen and oxygen atoms in total. The van der Waals surface area contributed by atoms with Gasteiger partial charge >= 0.3 is 12.1 Å². The smallest absolute Gasteiger partial charge is 0.415 e. The van der Waals surface area contributed by atoms with Crippen molar-refractivity contribution in [3.63, 3.8) is 0 Å². The Labute approximate surface area is 83.3 Å². The Morgan fingerprint density at radius 1 is 1.50 bits per heavy atom. The molecule has 0 radical (unpaired) electrons. The molecule has 0 aromatic carbocycles. The van der Waals surface area contributed by atoms with Crippen molar-refractivity contribution in [1.82, 2.24) is 0 Å². The molecule has 7 heteroatoms. The fourth-order valence-corrected chi connectivity index (χ4v) is 1.61. The summed E-state index contributed by atoms with van der Waals surface area (Å²) in [5, 5.41) is 16.4. The third-order valence-electron chi connectivity index (χ3n) is 1.38. The molecule has 0 heterocycles. The molecule has 2 N–H and O–H groups in total. The van der Waals surface area contributed by atoms with Crippen LogP contribution in [0.1, 0.15) is 13.3 Å². The first-order valence-electron chi connectivity index (χ1n) is 3.81. The van der Waals surface area contributed by atoms with E-state index < -0.39 is 29.3 Å². The van der Waals surface area contributed by atoms with E-state index in [1.807, 2.05) is 0 Å². The highest BCUT2D eigenvalue weighted by Crippen LogP contribution is 2.25. The average Bonchev–Trinajstić information content (AvgIpc) is 1.96. The maximum absolute atomic E-state index is 11.8. The van der Waals surface area contributed by atoms with E-state index in [9.17, 15) is 18.0 Å². The van der Waals surface area contributed by atoms with Crippen molar-refractivity contribution in [2.24, 2.45) is 0 Å². The fourth-order valence-electron chi connectivity index (χ4n) is 0.655. The standard InChI is InChI=1S/C7H11F3O3S/c1-4(2-6(12)13)14-3-5(11)7(8,9)10/h4-5,11H,2-3H2,1H3,(H,12,13). The zero-order chi connectivity index (χ0) is 11.4. The molecule has 0 saturated heterocycles. The Morgan fingerprint density at radius 3 is 2.36 bits per heavy atom. The van der Waals surface area contributed by atoms with E-state index in [4.69, 9.17) is 10.2 Å². The zero-order valence-electron chi connectivity index (χ0n) is 7.41. The molecular weight excluding hydrogens is 221 g/mol. The third kappa shape index (κ3) is 6.09. The predicted octanol–water partition coefficient (Wildman–Crippen LogP) is 1.51. The summed E-state index contributed by atoms with van der Waals surface area (Å²) in [5.74, 6) is -1.59. The van der Waals surface area contributed by atoms with Gasteiger partial charge in [0.25, 0.3) is 0 Å². The van der Waals surface area contributed by atoms with Gasteiger partial charge in [0, 0.05) is 11.0 Å². The Hall–Kier alpha value is -0.430. The second kappa shape index (κ2) is 5.45. The van der Waals surface area contributed by atoms with Crippen LogP contribution in [0.4, 0.5) is 13.2 Å². The number of aliphatic hydroxyl groups is 1. The first kappa shape index (κ1) is 13.6. The van der Waals surface area contributed by atoms with Gasteiger partial charge in [0.1, 0.15) is 0 Å². The minimum Gasteiger partial charge on any atom is -0.481 e. The number of alkyl halides is 3. The third-order valence-corrected chi connectivity index (χ3v) is 2.62. The molecule has 14 heavy (non-hydrogen) atoms. The van der Waals surface area contributed by atoms with Crippen molar-refractivity contribution in [2.45, 2.75) is 30.9 Å². The van der Waals surface area contributed by atoms with E-state index >= 15 is 0 Å². The van der Waals surface area contributed by atoms with E-state index in [0.717, 1.165) is 11.8 Å². The van der Waals surface area contributed by atoms with Crippen LogP contribution in [0.3, 0.4) is 0 Å². The number of carboxylic acid groups (broad SMARTS) is 1. The summed E-state index contributed by atoms with van der Waals surface area (Å²) in [6.07, 6.45) is -7.23. The van der Waals surface area contributed by atoms with Crippen molar-refractivity contribution in [3.05, 3.63) is 0 Å². The second-order valence-electron chi connectivity index (χ2n) is 2.80. The SMILES string of the molecule is CC(CC(=O)O)SCC(O)C(F)(F)F. The molecule has 0 aliphatic rings. The van der Waals surface area contributed by atoms with Crippen LogP contribution in [-0.4, -0.2) is 39.5 Å². The summed E-state index contributed by atoms with van der Waals surface area (Å²) in [6, 6.07) is 0. The molecule has 0 amide bonds. The van der Waals surface area contributed by atoms with Gasteiger partial charge in [-0.15, -0.1) is 0 Å². The fraction of sp³-hybridized carbons (Fsp3) is 0.857. The van der Waals surface area contributed by atoms with E-state index in [0.29, 0.717) is 0 Å². The van der Waals surface area contributed by atoms with E-state index in [2.05, 4.69) is 0 Å². The highest BCUT2D eigenvalue weighted by molar-refractivity contribution is 7.99. The van der Waals surface area contributed by atoms with Crippen molar-refractivity contribution >= 4 is 17.7 Å². The monoisotopic (exact) mass is 232 g/mol. The van der Waals surface area contributed by atoms with Crippen LogP contribution < -0.4 is 0 Å². The zero-order valence-corrected chi connectivity index (χ0v) is 8.23. The van der Waals surface area contributed by atoms with Crippen LogP contribution in [0.5, 0.6) is 0 Å². The molecule has 0 aromatic rings. The molecule has 0 bridgehead atoms. The summed E-state index contributed by atoms with van der Waals surface area (Å²) >= 11 is 0.789. The van der Waals surface area contributed by atoms with Gasteiger partial charge in [-0.25, -0.2) is 0 Å². The van der Waals surface area contributed by atoms with Gasteiger partial charge < -0.3 is 10.2 Å². The molecule has 0 fully saturated rings. The van der Waals surface area contributed by atoms with Gasteiger partial charge in [0.15, 0.2) is 6.10 Å². The molecule has 2 atom stereocenters. The second-order valence-corrected chi connectivity index (χ2v) is 4.27. The number of thioether (sulfide) groups is 1. The normalized spacial score (nSPS) is 16.4. The largest absolute Gasteiger partial charge is 0.481 e.